The highest BCUT2D eigenvalue weighted by molar-refractivity contribution is 8.00. The van der Waals surface area contributed by atoms with Crippen molar-refractivity contribution in [1.82, 2.24) is 16.0 Å². The summed E-state index contributed by atoms with van der Waals surface area (Å²) in [5.74, 6) is -2.34. The molecule has 0 aromatic rings. The Morgan fingerprint density at radius 1 is 1.10 bits per heavy atom. The van der Waals surface area contributed by atoms with Crippen molar-refractivity contribution in [3.8, 4) is 0 Å². The molecule has 1 spiro atoms. The molecule has 3 aliphatic rings. The molecule has 3 fully saturated rings. The standard InChI is InChI=1S/C28H43N3O10S/c1-16(2)7-8-20-27(4,41-20)24-23(37-5)18(9-10-28(24)15-40-28)30-26(36)31-22(34)14-42-13-19(25(35)38-6)29-21(33)12-39-11-17(3)32/h7,18-20,23-24H,8-15H2,1-6H3,(H,29,33)(H2,30,31,34,36)/t18-,19?,20-,23-,24-,27+,28+/m1/s1. The minimum absolute atomic E-state index is 0.0186. The van der Waals surface area contributed by atoms with E-state index in [0.29, 0.717) is 13.0 Å². The molecule has 14 heteroatoms. The fraction of sp³-hybridized carbons (Fsp3) is 0.750. The normalized spacial score (nSPS) is 30.0. The van der Waals surface area contributed by atoms with Gasteiger partial charge in [0.15, 0.2) is 5.78 Å². The van der Waals surface area contributed by atoms with Gasteiger partial charge in [-0.1, -0.05) is 11.6 Å². The highest BCUT2D eigenvalue weighted by atomic mass is 32.2. The summed E-state index contributed by atoms with van der Waals surface area (Å²) in [5.41, 5.74) is 0.441. The molecule has 2 aliphatic heterocycles. The fourth-order valence-corrected chi connectivity index (χ4v) is 6.44. The number of nitrogens with one attached hydrogen (secondary N) is 3. The van der Waals surface area contributed by atoms with E-state index in [0.717, 1.165) is 24.6 Å². The van der Waals surface area contributed by atoms with Crippen LogP contribution in [0.4, 0.5) is 4.79 Å². The number of urea groups is 1. The second-order valence-electron chi connectivity index (χ2n) is 11.4. The van der Waals surface area contributed by atoms with Crippen LogP contribution in [0.25, 0.3) is 0 Å². The van der Waals surface area contributed by atoms with Gasteiger partial charge in [-0.2, -0.15) is 0 Å². The Morgan fingerprint density at radius 3 is 2.40 bits per heavy atom. The van der Waals surface area contributed by atoms with Gasteiger partial charge >= 0.3 is 12.0 Å². The van der Waals surface area contributed by atoms with E-state index in [1.165, 1.54) is 19.6 Å². The van der Waals surface area contributed by atoms with Crippen LogP contribution in [0.15, 0.2) is 11.6 Å². The highest BCUT2D eigenvalue weighted by Crippen LogP contribution is 2.59. The van der Waals surface area contributed by atoms with Crippen molar-refractivity contribution in [1.29, 1.82) is 0 Å². The third kappa shape index (κ3) is 8.99. The number of amides is 4. The summed E-state index contributed by atoms with van der Waals surface area (Å²) in [6, 6.07) is -2.05. The minimum Gasteiger partial charge on any atom is -0.467 e. The van der Waals surface area contributed by atoms with Gasteiger partial charge in [0.2, 0.25) is 11.8 Å². The van der Waals surface area contributed by atoms with E-state index in [1.807, 2.05) is 13.8 Å². The van der Waals surface area contributed by atoms with E-state index >= 15 is 0 Å². The van der Waals surface area contributed by atoms with Crippen LogP contribution in [0.3, 0.4) is 0 Å². The van der Waals surface area contributed by atoms with Crippen LogP contribution in [0.1, 0.15) is 47.0 Å². The van der Waals surface area contributed by atoms with Gasteiger partial charge in [-0.15, -0.1) is 11.8 Å². The van der Waals surface area contributed by atoms with E-state index in [9.17, 15) is 24.0 Å². The van der Waals surface area contributed by atoms with Crippen molar-refractivity contribution in [2.75, 3.05) is 45.5 Å². The van der Waals surface area contributed by atoms with Crippen molar-refractivity contribution >= 4 is 41.4 Å². The maximum Gasteiger partial charge on any atom is 0.329 e. The van der Waals surface area contributed by atoms with E-state index in [1.54, 1.807) is 7.11 Å². The molecule has 1 saturated carbocycles. The molecule has 0 radical (unpaired) electrons. The van der Waals surface area contributed by atoms with E-state index in [2.05, 4.69) is 29.0 Å². The number of Topliss-reactive ketones (excluding diaryl/α,β-unsaturated/α-hetero) is 1. The van der Waals surface area contributed by atoms with Crippen molar-refractivity contribution in [2.24, 2.45) is 5.92 Å². The molecule has 3 rings (SSSR count). The molecule has 236 valence electrons. The maximum atomic E-state index is 12.8. The molecule has 3 N–H and O–H groups in total. The molecule has 0 aromatic heterocycles. The fourth-order valence-electron chi connectivity index (χ4n) is 5.61. The summed E-state index contributed by atoms with van der Waals surface area (Å²) in [5, 5.41) is 7.67. The first kappa shape index (κ1) is 34.0. The molecule has 7 atom stereocenters. The van der Waals surface area contributed by atoms with Crippen LogP contribution >= 0.6 is 11.8 Å². The smallest absolute Gasteiger partial charge is 0.329 e. The lowest BCUT2D eigenvalue weighted by Crippen LogP contribution is -2.60. The zero-order valence-corrected chi connectivity index (χ0v) is 25.9. The average Bonchev–Trinajstić information content (AvgIpc) is 3.83. The predicted octanol–water partition coefficient (Wildman–Crippen LogP) is 0.885. The number of rotatable bonds is 15. The molecule has 1 unspecified atom stereocenters. The Balaban J connectivity index is 1.49. The van der Waals surface area contributed by atoms with E-state index < -0.39 is 42.1 Å². The van der Waals surface area contributed by atoms with Crippen LogP contribution in [-0.4, -0.2) is 111 Å². The Kier molecular flexibility index (Phi) is 12.0. The lowest BCUT2D eigenvalue weighted by atomic mass is 9.67. The van der Waals surface area contributed by atoms with Crippen LogP contribution in [-0.2, 0) is 42.9 Å². The summed E-state index contributed by atoms with van der Waals surface area (Å²) in [7, 11) is 2.78. The number of ether oxygens (including phenoxy) is 5. The van der Waals surface area contributed by atoms with Crippen molar-refractivity contribution < 1.29 is 47.7 Å². The van der Waals surface area contributed by atoms with Gasteiger partial charge in [-0.25, -0.2) is 9.59 Å². The van der Waals surface area contributed by atoms with Crippen LogP contribution in [0.5, 0.6) is 0 Å². The predicted molar refractivity (Wildman–Crippen MR) is 153 cm³/mol. The van der Waals surface area contributed by atoms with E-state index in [-0.39, 0.29) is 53.7 Å². The molecular weight excluding hydrogens is 570 g/mol. The first-order valence-corrected chi connectivity index (χ1v) is 15.1. The molecule has 13 nitrogen and oxygen atoms in total. The summed E-state index contributed by atoms with van der Waals surface area (Å²) in [6.45, 7) is 7.49. The molecule has 42 heavy (non-hydrogen) atoms. The molecule has 4 amide bonds. The Labute approximate surface area is 250 Å². The van der Waals surface area contributed by atoms with Crippen molar-refractivity contribution in [3.63, 3.8) is 0 Å². The number of epoxide rings is 2. The molecule has 2 heterocycles. The average molecular weight is 614 g/mol. The summed E-state index contributed by atoms with van der Waals surface area (Å²) in [6.07, 6.45) is 3.97. The van der Waals surface area contributed by atoms with E-state index in [4.69, 9.17) is 23.7 Å². The van der Waals surface area contributed by atoms with Gasteiger partial charge in [0.05, 0.1) is 43.3 Å². The minimum atomic E-state index is -1.04. The Bertz CT molecular complexity index is 1060. The van der Waals surface area contributed by atoms with Gasteiger partial charge in [-0.3, -0.25) is 19.7 Å². The molecule has 0 aromatic carbocycles. The number of ketones is 1. The second-order valence-corrected chi connectivity index (χ2v) is 12.4. The maximum absolute atomic E-state index is 12.8. The second kappa shape index (κ2) is 14.8. The third-order valence-electron chi connectivity index (χ3n) is 7.74. The van der Waals surface area contributed by atoms with Gasteiger partial charge < -0.3 is 34.3 Å². The Hall–Kier alpha value is -2.52. The monoisotopic (exact) mass is 613 g/mol. The van der Waals surface area contributed by atoms with Crippen LogP contribution in [0.2, 0.25) is 0 Å². The summed E-state index contributed by atoms with van der Waals surface area (Å²) >= 11 is 1.04. The lowest BCUT2D eigenvalue weighted by Gasteiger charge is -2.43. The number of methoxy groups -OCH3 is 2. The first-order chi connectivity index (χ1) is 19.8. The number of hydrogen-bond donors (Lipinski definition) is 3. The van der Waals surface area contributed by atoms with Gasteiger partial charge in [0.1, 0.15) is 24.9 Å². The number of carbonyl (C=O) groups is 5. The number of carbonyl (C=O) groups excluding carboxylic acids is 5. The quantitative estimate of drug-likeness (QED) is 0.136. The van der Waals surface area contributed by atoms with Crippen LogP contribution < -0.4 is 16.0 Å². The number of imide groups is 1. The lowest BCUT2D eigenvalue weighted by molar-refractivity contribution is -0.145. The van der Waals surface area contributed by atoms with Crippen molar-refractivity contribution in [3.05, 3.63) is 11.6 Å². The van der Waals surface area contributed by atoms with Crippen LogP contribution in [0, 0.1) is 5.92 Å². The molecule has 0 bridgehead atoms. The first-order valence-electron chi connectivity index (χ1n) is 14.0. The van der Waals surface area contributed by atoms with Crippen molar-refractivity contribution in [2.45, 2.75) is 82.5 Å². The van der Waals surface area contributed by atoms with Gasteiger partial charge in [-0.05, 0) is 47.0 Å². The largest absolute Gasteiger partial charge is 0.467 e. The number of allylic oxidation sites excluding steroid dienone is 1. The highest BCUT2D eigenvalue weighted by Gasteiger charge is 2.71. The number of esters is 1. The number of thioether (sulfide) groups is 1. The third-order valence-corrected chi connectivity index (χ3v) is 8.78. The zero-order chi connectivity index (χ0) is 31.1. The SMILES string of the molecule is COC(=O)C(CSCC(=O)NC(=O)N[C@@H]1CC[C@]2(CO2)[C@@H]([C@@]2(C)O[C@@H]2CC=C(C)C)[C@@H]1OC)NC(=O)COCC(C)=O. The topological polar surface area (TPSA) is 174 Å². The van der Waals surface area contributed by atoms with Gasteiger partial charge in [0, 0.05) is 18.8 Å². The molecular formula is C28H43N3O10S. The summed E-state index contributed by atoms with van der Waals surface area (Å²) < 4.78 is 27.7. The summed E-state index contributed by atoms with van der Waals surface area (Å²) in [4.78, 5) is 60.3. The number of hydrogen-bond acceptors (Lipinski definition) is 11. The Morgan fingerprint density at radius 2 is 1.81 bits per heavy atom. The zero-order valence-electron chi connectivity index (χ0n) is 25.1. The van der Waals surface area contributed by atoms with Gasteiger partial charge in [0.25, 0.3) is 0 Å². The molecule has 1 aliphatic carbocycles. The molecule has 2 saturated heterocycles.